The summed E-state index contributed by atoms with van der Waals surface area (Å²) in [5.41, 5.74) is 0. The molecule has 13 heavy (non-hydrogen) atoms. The van der Waals surface area contributed by atoms with E-state index in [2.05, 4.69) is 13.8 Å². The van der Waals surface area contributed by atoms with Crippen LogP contribution in [0.15, 0.2) is 0 Å². The minimum atomic E-state index is 0. The Morgan fingerprint density at radius 2 is 1.54 bits per heavy atom. The molecular weight excluding hydrogens is 208 g/mol. The Hall–Kier alpha value is 0.554. The van der Waals surface area contributed by atoms with Crippen LogP contribution in [0, 0.1) is 5.92 Å². The second-order valence-electron chi connectivity index (χ2n) is 2.60. The molecule has 0 fully saturated rings. The molecule has 7 N–H and O–H groups in total. The molecule has 0 spiro atoms. The quantitative estimate of drug-likeness (QED) is 0.645. The summed E-state index contributed by atoms with van der Waals surface area (Å²) in [7, 11) is 0. The van der Waals surface area contributed by atoms with Gasteiger partial charge in [0.15, 0.2) is 0 Å². The maximum absolute atomic E-state index is 8.75. The topological polar surface area (TPSA) is 115 Å². The van der Waals surface area contributed by atoms with Gasteiger partial charge in [0.1, 0.15) is 0 Å². The first-order valence-electron chi connectivity index (χ1n) is 3.96. The summed E-state index contributed by atoms with van der Waals surface area (Å²) in [6.45, 7) is 4.69. The van der Waals surface area contributed by atoms with Crippen molar-refractivity contribution >= 4 is 0 Å². The van der Waals surface area contributed by atoms with Gasteiger partial charge in [-0.15, -0.1) is 0 Å². The predicted octanol–water partition coefficient (Wildman–Crippen LogP) is -0.282. The number of aliphatic hydroxyl groups is 1. The first kappa shape index (κ1) is 29.2. The Labute approximate surface area is 95.5 Å². The van der Waals surface area contributed by atoms with Crippen LogP contribution in [0.3, 0.4) is 0 Å². The zero-order valence-electron chi connectivity index (χ0n) is 8.56. The van der Waals surface area contributed by atoms with Crippen LogP contribution >= 0.6 is 0 Å². The molecule has 0 saturated heterocycles. The molecule has 0 heterocycles. The van der Waals surface area contributed by atoms with Gasteiger partial charge in [-0.25, -0.2) is 0 Å². The minimum Gasteiger partial charge on any atom is -0.412 e. The summed E-state index contributed by atoms with van der Waals surface area (Å²) in [5, 5.41) is 8.75. The second-order valence-corrected chi connectivity index (χ2v) is 2.60. The fraction of sp³-hybridized carbons (Fsp3) is 1.00. The molecular formula is C8H24O4Ti. The Balaban J connectivity index is -0.0000000533. The van der Waals surface area contributed by atoms with Gasteiger partial charge in [0.05, 0.1) is 0 Å². The van der Waals surface area contributed by atoms with E-state index in [-0.39, 0.29) is 38.1 Å². The van der Waals surface area contributed by atoms with E-state index >= 15 is 0 Å². The van der Waals surface area contributed by atoms with Crippen molar-refractivity contribution in [1.29, 1.82) is 0 Å². The van der Waals surface area contributed by atoms with E-state index in [1.807, 2.05) is 0 Å². The van der Waals surface area contributed by atoms with Gasteiger partial charge in [0, 0.05) is 28.3 Å². The summed E-state index contributed by atoms with van der Waals surface area (Å²) in [5.74, 6) is 0.560. The molecule has 4 nitrogen and oxygen atoms in total. The summed E-state index contributed by atoms with van der Waals surface area (Å²) in [6, 6.07) is 0. The number of unbranched alkanes of at least 4 members (excludes halogenated alkanes) is 1. The molecule has 0 aliphatic carbocycles. The zero-order valence-corrected chi connectivity index (χ0v) is 10.1. The molecule has 0 aromatic heterocycles. The van der Waals surface area contributed by atoms with Gasteiger partial charge in [0.2, 0.25) is 0 Å². The summed E-state index contributed by atoms with van der Waals surface area (Å²) >= 11 is 0. The molecule has 1 unspecified atom stereocenters. The van der Waals surface area contributed by atoms with Gasteiger partial charge in [-0.05, 0) is 12.3 Å². The molecule has 0 bridgehead atoms. The molecule has 0 aliphatic heterocycles. The van der Waals surface area contributed by atoms with Crippen LogP contribution in [-0.4, -0.2) is 28.1 Å². The average molecular weight is 232 g/mol. The summed E-state index contributed by atoms with van der Waals surface area (Å²) < 4.78 is 0. The molecule has 0 amide bonds. The molecule has 84 valence electrons. The maximum atomic E-state index is 8.75. The Morgan fingerprint density at radius 3 is 1.77 bits per heavy atom. The third-order valence-corrected chi connectivity index (χ3v) is 1.80. The van der Waals surface area contributed by atoms with Crippen LogP contribution in [-0.2, 0) is 21.7 Å². The van der Waals surface area contributed by atoms with E-state index in [1.54, 1.807) is 0 Å². The zero-order chi connectivity index (χ0) is 7.11. The van der Waals surface area contributed by atoms with Crippen LogP contribution in [0.25, 0.3) is 0 Å². The largest absolute Gasteiger partial charge is 0.412 e. The Kier molecular flexibility index (Phi) is 51.4. The van der Waals surface area contributed by atoms with E-state index < -0.39 is 0 Å². The normalized spacial score (nSPS) is 9.46. The van der Waals surface area contributed by atoms with Crippen molar-refractivity contribution in [3.63, 3.8) is 0 Å². The second kappa shape index (κ2) is 22.9. The number of rotatable bonds is 5. The number of hydrogen-bond donors (Lipinski definition) is 1. The van der Waals surface area contributed by atoms with Crippen LogP contribution in [0.2, 0.25) is 0 Å². The third-order valence-electron chi connectivity index (χ3n) is 1.80. The van der Waals surface area contributed by atoms with Crippen molar-refractivity contribution in [2.24, 2.45) is 5.92 Å². The van der Waals surface area contributed by atoms with Crippen molar-refractivity contribution in [2.45, 2.75) is 39.5 Å². The van der Waals surface area contributed by atoms with Crippen molar-refractivity contribution in [3.8, 4) is 0 Å². The molecule has 0 aliphatic rings. The smallest absolute Gasteiger partial charge is 0.0459 e. The molecule has 0 saturated carbocycles. The van der Waals surface area contributed by atoms with E-state index in [1.165, 1.54) is 19.3 Å². The molecule has 0 aromatic carbocycles. The number of hydrogen-bond acceptors (Lipinski definition) is 1. The summed E-state index contributed by atoms with van der Waals surface area (Å²) in [4.78, 5) is 0. The van der Waals surface area contributed by atoms with Crippen LogP contribution in [0.5, 0.6) is 0 Å². The van der Waals surface area contributed by atoms with Gasteiger partial charge in [-0.2, -0.15) is 0 Å². The molecule has 0 rings (SSSR count). The standard InChI is InChI=1S/C8H18O.3H2O.Ti/c1-3-5-6-8(4-2)7-9;;;;/h8-9H,3-7H2,1-2H3;3*1H2;. The van der Waals surface area contributed by atoms with Crippen molar-refractivity contribution in [3.05, 3.63) is 0 Å². The molecule has 0 radical (unpaired) electrons. The van der Waals surface area contributed by atoms with E-state index in [9.17, 15) is 0 Å². The average Bonchev–Trinajstić information content (AvgIpc) is 1.91. The monoisotopic (exact) mass is 232 g/mol. The number of aliphatic hydroxyl groups excluding tert-OH is 1. The first-order valence-corrected chi connectivity index (χ1v) is 3.96. The third kappa shape index (κ3) is 19.1. The SMILES string of the molecule is CCCCC(CC)CO.O.O.O.[Ti]. The van der Waals surface area contributed by atoms with Crippen molar-refractivity contribution in [2.75, 3.05) is 6.61 Å². The van der Waals surface area contributed by atoms with Crippen molar-refractivity contribution < 1.29 is 43.3 Å². The molecule has 1 atom stereocenters. The summed E-state index contributed by atoms with van der Waals surface area (Å²) in [6.07, 6.45) is 4.83. The Morgan fingerprint density at radius 1 is 1.08 bits per heavy atom. The van der Waals surface area contributed by atoms with Crippen LogP contribution in [0.1, 0.15) is 39.5 Å². The molecule has 0 aromatic rings. The van der Waals surface area contributed by atoms with Crippen LogP contribution in [0.4, 0.5) is 0 Å². The van der Waals surface area contributed by atoms with Gasteiger partial charge < -0.3 is 21.5 Å². The van der Waals surface area contributed by atoms with Gasteiger partial charge >= 0.3 is 0 Å². The van der Waals surface area contributed by atoms with Crippen molar-refractivity contribution in [1.82, 2.24) is 0 Å². The fourth-order valence-corrected chi connectivity index (χ4v) is 0.917. The first-order chi connectivity index (χ1) is 4.35. The predicted molar refractivity (Wildman–Crippen MR) is 51.2 cm³/mol. The van der Waals surface area contributed by atoms with E-state index in [0.717, 1.165) is 6.42 Å². The van der Waals surface area contributed by atoms with E-state index in [4.69, 9.17) is 5.11 Å². The maximum Gasteiger partial charge on any atom is 0.0459 e. The Bertz CT molecular complexity index is 60.1. The molecule has 5 heteroatoms. The van der Waals surface area contributed by atoms with Gasteiger partial charge in [-0.1, -0.05) is 33.1 Å². The van der Waals surface area contributed by atoms with Crippen LogP contribution < -0.4 is 0 Å². The van der Waals surface area contributed by atoms with Gasteiger partial charge in [0.25, 0.3) is 0 Å². The fourth-order valence-electron chi connectivity index (χ4n) is 0.917. The van der Waals surface area contributed by atoms with E-state index in [0.29, 0.717) is 12.5 Å². The van der Waals surface area contributed by atoms with Gasteiger partial charge in [-0.3, -0.25) is 0 Å². The minimum absolute atomic E-state index is 0.